The zero-order valence-corrected chi connectivity index (χ0v) is 16.5. The van der Waals surface area contributed by atoms with Gasteiger partial charge in [-0.1, -0.05) is 6.07 Å². The largest absolute Gasteiger partial charge is 0.494 e. The van der Waals surface area contributed by atoms with Crippen molar-refractivity contribution in [2.24, 2.45) is 0 Å². The summed E-state index contributed by atoms with van der Waals surface area (Å²) in [5.41, 5.74) is 2.75. The lowest BCUT2D eigenvalue weighted by Crippen LogP contribution is -2.36. The minimum atomic E-state index is -0.174. The Kier molecular flexibility index (Phi) is 5.68. The van der Waals surface area contributed by atoms with E-state index in [1.165, 1.54) is 11.3 Å². The van der Waals surface area contributed by atoms with Gasteiger partial charge in [0.1, 0.15) is 11.3 Å². The summed E-state index contributed by atoms with van der Waals surface area (Å²) in [6, 6.07) is 9.71. The van der Waals surface area contributed by atoms with Crippen molar-refractivity contribution in [1.29, 1.82) is 0 Å². The number of nitrogens with one attached hydrogen (secondary N) is 1. The van der Waals surface area contributed by atoms with Crippen LogP contribution in [0.3, 0.4) is 0 Å². The number of carbonyl (C=O) groups excluding carboxylic acids is 1. The third-order valence-corrected chi connectivity index (χ3v) is 5.72. The Hall–Kier alpha value is -2.71. The fourth-order valence-electron chi connectivity index (χ4n) is 3.21. The van der Waals surface area contributed by atoms with Crippen molar-refractivity contribution in [3.63, 3.8) is 0 Å². The van der Waals surface area contributed by atoms with Crippen LogP contribution in [0.5, 0.6) is 5.75 Å². The fraction of sp³-hybridized carbons (Fsp3) is 0.350. The molecule has 7 nitrogen and oxygen atoms in total. The zero-order chi connectivity index (χ0) is 19.3. The number of aromatic nitrogens is 2. The van der Waals surface area contributed by atoms with Gasteiger partial charge in [0.15, 0.2) is 5.01 Å². The Bertz CT molecular complexity index is 955. The van der Waals surface area contributed by atoms with E-state index in [1.807, 2.05) is 30.3 Å². The van der Waals surface area contributed by atoms with E-state index in [9.17, 15) is 4.79 Å². The van der Waals surface area contributed by atoms with Crippen LogP contribution in [0, 0.1) is 0 Å². The SMILES string of the molecule is COc1ccc(N2CCOCC2)c2sc(C(=O)NCCc3ccccn3)nc12. The van der Waals surface area contributed by atoms with E-state index in [2.05, 4.69) is 20.2 Å². The Morgan fingerprint density at radius 3 is 2.89 bits per heavy atom. The average Bonchev–Trinajstić information content (AvgIpc) is 3.20. The summed E-state index contributed by atoms with van der Waals surface area (Å²) in [4.78, 5) is 23.7. The molecule has 146 valence electrons. The third-order valence-electron chi connectivity index (χ3n) is 4.64. The highest BCUT2D eigenvalue weighted by Gasteiger charge is 2.21. The van der Waals surface area contributed by atoms with Crippen LogP contribution in [0.25, 0.3) is 10.2 Å². The van der Waals surface area contributed by atoms with Crippen molar-refractivity contribution >= 4 is 33.1 Å². The number of benzene rings is 1. The number of rotatable bonds is 6. The molecule has 3 heterocycles. The van der Waals surface area contributed by atoms with Gasteiger partial charge in [-0.15, -0.1) is 11.3 Å². The van der Waals surface area contributed by atoms with Crippen LogP contribution >= 0.6 is 11.3 Å². The number of carbonyl (C=O) groups is 1. The fourth-order valence-corrected chi connectivity index (χ4v) is 4.25. The van der Waals surface area contributed by atoms with Crippen molar-refractivity contribution in [3.8, 4) is 5.75 Å². The molecule has 0 atom stereocenters. The first kappa shape index (κ1) is 18.6. The molecule has 1 amide bonds. The molecule has 2 aromatic heterocycles. The Balaban J connectivity index is 1.54. The molecule has 28 heavy (non-hydrogen) atoms. The Labute approximate surface area is 167 Å². The average molecular weight is 398 g/mol. The number of ether oxygens (including phenoxy) is 2. The predicted octanol–water partition coefficient (Wildman–Crippen LogP) is 2.51. The standard InChI is InChI=1S/C20H22N4O3S/c1-26-16-6-5-15(24-10-12-27-13-11-24)18-17(16)23-20(28-18)19(25)22-9-7-14-4-2-3-8-21-14/h2-6,8H,7,9-13H2,1H3,(H,22,25). The summed E-state index contributed by atoms with van der Waals surface area (Å²) in [5, 5.41) is 3.38. The molecule has 0 spiro atoms. The molecule has 0 aliphatic carbocycles. The highest BCUT2D eigenvalue weighted by molar-refractivity contribution is 7.21. The van der Waals surface area contributed by atoms with E-state index in [4.69, 9.17) is 9.47 Å². The van der Waals surface area contributed by atoms with E-state index >= 15 is 0 Å². The Morgan fingerprint density at radius 2 is 2.14 bits per heavy atom. The number of fused-ring (bicyclic) bond motifs is 1. The summed E-state index contributed by atoms with van der Waals surface area (Å²) in [6.07, 6.45) is 2.43. The molecule has 1 aliphatic rings. The summed E-state index contributed by atoms with van der Waals surface area (Å²) in [6.45, 7) is 3.56. The quantitative estimate of drug-likeness (QED) is 0.688. The first-order chi connectivity index (χ1) is 13.8. The maximum absolute atomic E-state index is 12.6. The van der Waals surface area contributed by atoms with Gasteiger partial charge in [0, 0.05) is 37.9 Å². The van der Waals surface area contributed by atoms with E-state index < -0.39 is 0 Å². The Morgan fingerprint density at radius 1 is 1.29 bits per heavy atom. The molecular formula is C20H22N4O3S. The molecule has 1 N–H and O–H groups in total. The van der Waals surface area contributed by atoms with Crippen LogP contribution in [-0.2, 0) is 11.2 Å². The van der Waals surface area contributed by atoms with E-state index in [1.54, 1.807) is 13.3 Å². The topological polar surface area (TPSA) is 76.6 Å². The van der Waals surface area contributed by atoms with E-state index in [0.29, 0.717) is 36.9 Å². The first-order valence-corrected chi connectivity index (χ1v) is 10.1. The van der Waals surface area contributed by atoms with Crippen molar-refractivity contribution < 1.29 is 14.3 Å². The van der Waals surface area contributed by atoms with Crippen molar-refractivity contribution in [1.82, 2.24) is 15.3 Å². The lowest BCUT2D eigenvalue weighted by Gasteiger charge is -2.29. The van der Waals surface area contributed by atoms with Gasteiger partial charge in [0.25, 0.3) is 5.91 Å². The third kappa shape index (κ3) is 3.93. The van der Waals surface area contributed by atoms with E-state index in [0.717, 1.165) is 34.7 Å². The summed E-state index contributed by atoms with van der Waals surface area (Å²) in [5.74, 6) is 0.503. The van der Waals surface area contributed by atoms with Crippen LogP contribution in [0.1, 0.15) is 15.5 Å². The minimum Gasteiger partial charge on any atom is -0.494 e. The molecule has 0 radical (unpaired) electrons. The lowest BCUT2D eigenvalue weighted by molar-refractivity contribution is 0.0954. The van der Waals surface area contributed by atoms with Gasteiger partial charge in [-0.05, 0) is 24.3 Å². The molecule has 8 heteroatoms. The number of hydrogen-bond acceptors (Lipinski definition) is 7. The molecule has 1 aromatic carbocycles. The molecule has 1 fully saturated rings. The first-order valence-electron chi connectivity index (χ1n) is 9.24. The normalized spacial score (nSPS) is 14.2. The van der Waals surface area contributed by atoms with Gasteiger partial charge in [-0.2, -0.15) is 0 Å². The van der Waals surface area contributed by atoms with Crippen molar-refractivity contribution in [3.05, 3.63) is 47.2 Å². The maximum Gasteiger partial charge on any atom is 0.280 e. The van der Waals surface area contributed by atoms with Gasteiger partial charge < -0.3 is 19.7 Å². The molecule has 1 aliphatic heterocycles. The molecule has 3 aromatic rings. The number of nitrogens with zero attached hydrogens (tertiary/aromatic N) is 3. The van der Waals surface area contributed by atoms with Crippen LogP contribution in [0.15, 0.2) is 36.5 Å². The second-order valence-electron chi connectivity index (χ2n) is 6.41. The van der Waals surface area contributed by atoms with E-state index in [-0.39, 0.29) is 5.91 Å². The summed E-state index contributed by atoms with van der Waals surface area (Å²) < 4.78 is 11.9. The number of thiazole rings is 1. The highest BCUT2D eigenvalue weighted by Crippen LogP contribution is 2.37. The van der Waals surface area contributed by atoms with Gasteiger partial charge in [0.05, 0.1) is 30.7 Å². The molecular weight excluding hydrogens is 376 g/mol. The van der Waals surface area contributed by atoms with Crippen molar-refractivity contribution in [2.75, 3.05) is 44.9 Å². The second-order valence-corrected chi connectivity index (χ2v) is 7.41. The lowest BCUT2D eigenvalue weighted by atomic mass is 10.2. The molecule has 0 bridgehead atoms. The molecule has 1 saturated heterocycles. The summed E-state index contributed by atoms with van der Waals surface area (Å²) in [7, 11) is 1.62. The van der Waals surface area contributed by atoms with Crippen LogP contribution in [-0.4, -0.2) is 55.8 Å². The molecule has 4 rings (SSSR count). The van der Waals surface area contributed by atoms with Crippen LogP contribution in [0.2, 0.25) is 0 Å². The van der Waals surface area contributed by atoms with Crippen LogP contribution in [0.4, 0.5) is 5.69 Å². The second kappa shape index (κ2) is 8.53. The number of anilines is 1. The number of pyridine rings is 1. The zero-order valence-electron chi connectivity index (χ0n) is 15.7. The molecule has 0 unspecified atom stereocenters. The smallest absolute Gasteiger partial charge is 0.280 e. The van der Waals surface area contributed by atoms with Gasteiger partial charge in [-0.25, -0.2) is 4.98 Å². The minimum absolute atomic E-state index is 0.174. The predicted molar refractivity (Wildman–Crippen MR) is 109 cm³/mol. The number of morpholine rings is 1. The monoisotopic (exact) mass is 398 g/mol. The van der Waals surface area contributed by atoms with Gasteiger partial charge in [0.2, 0.25) is 0 Å². The van der Waals surface area contributed by atoms with Gasteiger partial charge >= 0.3 is 0 Å². The van der Waals surface area contributed by atoms with Gasteiger partial charge in [-0.3, -0.25) is 9.78 Å². The molecule has 0 saturated carbocycles. The highest BCUT2D eigenvalue weighted by atomic mass is 32.1. The van der Waals surface area contributed by atoms with Crippen LogP contribution < -0.4 is 15.0 Å². The summed E-state index contributed by atoms with van der Waals surface area (Å²) >= 11 is 1.40. The number of hydrogen-bond donors (Lipinski definition) is 1. The number of amides is 1. The number of methoxy groups -OCH3 is 1. The van der Waals surface area contributed by atoms with Crippen molar-refractivity contribution in [2.45, 2.75) is 6.42 Å². The maximum atomic E-state index is 12.6.